The molecule has 0 radical (unpaired) electrons. The van der Waals surface area contributed by atoms with Crippen molar-refractivity contribution >= 4 is 11.7 Å². The highest BCUT2D eigenvalue weighted by Gasteiger charge is 2.28. The first-order valence-electron chi connectivity index (χ1n) is 10.6. The van der Waals surface area contributed by atoms with Crippen LogP contribution in [0.1, 0.15) is 34.3 Å². The van der Waals surface area contributed by atoms with Crippen LogP contribution in [-0.4, -0.2) is 34.7 Å². The van der Waals surface area contributed by atoms with Crippen molar-refractivity contribution in [3.05, 3.63) is 89.4 Å². The lowest BCUT2D eigenvalue weighted by Crippen LogP contribution is -2.40. The second-order valence-electron chi connectivity index (χ2n) is 7.93. The van der Waals surface area contributed by atoms with Crippen molar-refractivity contribution in [1.82, 2.24) is 9.88 Å². The van der Waals surface area contributed by atoms with Crippen LogP contribution in [0.2, 0.25) is 0 Å². The minimum absolute atomic E-state index is 0.0728. The van der Waals surface area contributed by atoms with E-state index in [4.69, 9.17) is 0 Å². The van der Waals surface area contributed by atoms with Crippen LogP contribution in [0, 0.1) is 23.1 Å². The molecule has 0 saturated carbocycles. The molecule has 0 aliphatic carbocycles. The van der Waals surface area contributed by atoms with Crippen molar-refractivity contribution in [2.45, 2.75) is 19.3 Å². The number of piperidine rings is 1. The van der Waals surface area contributed by atoms with E-state index in [1.54, 1.807) is 11.1 Å². The van der Waals surface area contributed by atoms with Crippen LogP contribution in [0.25, 0.3) is 11.3 Å². The van der Waals surface area contributed by atoms with E-state index in [0.717, 1.165) is 22.9 Å². The van der Waals surface area contributed by atoms with Crippen LogP contribution in [-0.2, 0) is 11.2 Å². The molecule has 0 N–H and O–H groups in total. The Morgan fingerprint density at radius 3 is 2.59 bits per heavy atom. The number of benzene rings is 2. The standard InChI is InChI=1S/C26H22FN3O2/c27-22-8-7-21(17-28)23(16-22)26(32)30-12-9-19(10-13-30)25(31)15-18-4-3-5-20(14-18)24-6-1-2-11-29-24/h1-8,11,14,16,19H,9-10,12-13,15H2. The van der Waals surface area contributed by atoms with Gasteiger partial charge in [0.1, 0.15) is 11.6 Å². The maximum atomic E-state index is 13.6. The van der Waals surface area contributed by atoms with Gasteiger partial charge in [0.2, 0.25) is 0 Å². The van der Waals surface area contributed by atoms with Crippen molar-refractivity contribution < 1.29 is 14.0 Å². The van der Waals surface area contributed by atoms with Gasteiger partial charge in [0.25, 0.3) is 5.91 Å². The number of amides is 1. The first-order chi connectivity index (χ1) is 15.5. The number of pyridine rings is 1. The third-order valence-electron chi connectivity index (χ3n) is 5.84. The number of carbonyl (C=O) groups is 2. The molecule has 0 atom stereocenters. The maximum Gasteiger partial charge on any atom is 0.255 e. The molecular formula is C26H22FN3O2. The van der Waals surface area contributed by atoms with Gasteiger partial charge in [-0.1, -0.05) is 24.3 Å². The molecule has 160 valence electrons. The van der Waals surface area contributed by atoms with E-state index < -0.39 is 5.82 Å². The van der Waals surface area contributed by atoms with Gasteiger partial charge in [0, 0.05) is 37.2 Å². The van der Waals surface area contributed by atoms with Gasteiger partial charge in [0.15, 0.2) is 0 Å². The first-order valence-corrected chi connectivity index (χ1v) is 10.6. The predicted octanol–water partition coefficient (Wildman–Crippen LogP) is 4.42. The highest BCUT2D eigenvalue weighted by Crippen LogP contribution is 2.24. The molecule has 2 aromatic carbocycles. The summed E-state index contributed by atoms with van der Waals surface area (Å²) >= 11 is 0. The number of hydrogen-bond acceptors (Lipinski definition) is 4. The lowest BCUT2D eigenvalue weighted by atomic mass is 9.88. The summed E-state index contributed by atoms with van der Waals surface area (Å²) < 4.78 is 13.6. The van der Waals surface area contributed by atoms with Crippen LogP contribution in [0.5, 0.6) is 0 Å². The van der Waals surface area contributed by atoms with Gasteiger partial charge < -0.3 is 4.90 Å². The van der Waals surface area contributed by atoms with E-state index in [1.807, 2.05) is 48.5 Å². The van der Waals surface area contributed by atoms with Crippen LogP contribution in [0.3, 0.4) is 0 Å². The second-order valence-corrected chi connectivity index (χ2v) is 7.93. The molecule has 0 bridgehead atoms. The van der Waals surface area contributed by atoms with Crippen LogP contribution < -0.4 is 0 Å². The molecular weight excluding hydrogens is 405 g/mol. The Hall–Kier alpha value is -3.85. The van der Waals surface area contributed by atoms with Gasteiger partial charge in [-0.3, -0.25) is 14.6 Å². The van der Waals surface area contributed by atoms with E-state index >= 15 is 0 Å². The average Bonchev–Trinajstić information content (AvgIpc) is 2.84. The fourth-order valence-corrected chi connectivity index (χ4v) is 4.09. The Morgan fingerprint density at radius 1 is 1.06 bits per heavy atom. The zero-order valence-electron chi connectivity index (χ0n) is 17.5. The molecule has 1 amide bonds. The molecule has 1 aromatic heterocycles. The number of nitrogens with zero attached hydrogens (tertiary/aromatic N) is 3. The van der Waals surface area contributed by atoms with Crippen LogP contribution in [0.4, 0.5) is 4.39 Å². The molecule has 4 rings (SSSR count). The van der Waals surface area contributed by atoms with Crippen molar-refractivity contribution in [2.24, 2.45) is 5.92 Å². The van der Waals surface area contributed by atoms with Gasteiger partial charge >= 0.3 is 0 Å². The van der Waals surface area contributed by atoms with Crippen LogP contribution >= 0.6 is 0 Å². The number of ketones is 1. The summed E-state index contributed by atoms with van der Waals surface area (Å²) in [5.41, 5.74) is 3.00. The lowest BCUT2D eigenvalue weighted by molar-refractivity contribution is -0.123. The molecule has 5 nitrogen and oxygen atoms in total. The zero-order valence-corrected chi connectivity index (χ0v) is 17.5. The Labute approximate surface area is 186 Å². The van der Waals surface area contributed by atoms with Gasteiger partial charge in [-0.05, 0) is 54.8 Å². The van der Waals surface area contributed by atoms with E-state index in [0.29, 0.717) is 32.4 Å². The van der Waals surface area contributed by atoms with Gasteiger partial charge in [-0.15, -0.1) is 0 Å². The molecule has 1 saturated heterocycles. The predicted molar refractivity (Wildman–Crippen MR) is 118 cm³/mol. The SMILES string of the molecule is N#Cc1ccc(F)cc1C(=O)N1CCC(C(=O)Cc2cccc(-c3ccccn3)c2)CC1. The highest BCUT2D eigenvalue weighted by atomic mass is 19.1. The Kier molecular flexibility index (Phi) is 6.37. The summed E-state index contributed by atoms with van der Waals surface area (Å²) in [6.07, 6.45) is 3.19. The summed E-state index contributed by atoms with van der Waals surface area (Å²) in [5, 5.41) is 9.21. The summed E-state index contributed by atoms with van der Waals surface area (Å²) in [6, 6.07) is 19.1. The third kappa shape index (κ3) is 4.73. The Bertz CT molecular complexity index is 1180. The van der Waals surface area contributed by atoms with Crippen molar-refractivity contribution in [3.63, 3.8) is 0 Å². The number of nitriles is 1. The average molecular weight is 427 g/mol. The van der Waals surface area contributed by atoms with E-state index in [-0.39, 0.29) is 28.7 Å². The number of hydrogen-bond donors (Lipinski definition) is 0. The second kappa shape index (κ2) is 9.52. The topological polar surface area (TPSA) is 74.1 Å². The maximum absolute atomic E-state index is 13.6. The number of halogens is 1. The smallest absolute Gasteiger partial charge is 0.255 e. The number of likely N-dealkylation sites (tertiary alicyclic amines) is 1. The Balaban J connectivity index is 1.38. The van der Waals surface area contributed by atoms with Gasteiger partial charge in [-0.25, -0.2) is 4.39 Å². The summed E-state index contributed by atoms with van der Waals surface area (Å²) in [7, 11) is 0. The molecule has 2 heterocycles. The Morgan fingerprint density at radius 2 is 1.88 bits per heavy atom. The molecule has 0 spiro atoms. The first kappa shape index (κ1) is 21.4. The van der Waals surface area contributed by atoms with Crippen molar-refractivity contribution in [1.29, 1.82) is 5.26 Å². The lowest BCUT2D eigenvalue weighted by Gasteiger charge is -2.31. The fourth-order valence-electron chi connectivity index (χ4n) is 4.09. The number of aromatic nitrogens is 1. The van der Waals surface area contributed by atoms with Crippen molar-refractivity contribution in [2.75, 3.05) is 13.1 Å². The van der Waals surface area contributed by atoms with E-state index in [9.17, 15) is 19.2 Å². The summed E-state index contributed by atoms with van der Waals surface area (Å²) in [5.74, 6) is -0.889. The molecule has 3 aromatic rings. The third-order valence-corrected chi connectivity index (χ3v) is 5.84. The van der Waals surface area contributed by atoms with Crippen LogP contribution in [0.15, 0.2) is 66.9 Å². The number of rotatable bonds is 5. The highest BCUT2D eigenvalue weighted by molar-refractivity contribution is 5.97. The molecule has 1 fully saturated rings. The monoisotopic (exact) mass is 427 g/mol. The fraction of sp³-hybridized carbons (Fsp3) is 0.231. The van der Waals surface area contributed by atoms with E-state index in [2.05, 4.69) is 4.98 Å². The molecule has 1 aliphatic heterocycles. The summed E-state index contributed by atoms with van der Waals surface area (Å²) in [4.78, 5) is 31.6. The molecule has 6 heteroatoms. The largest absolute Gasteiger partial charge is 0.339 e. The number of carbonyl (C=O) groups excluding carboxylic acids is 2. The van der Waals surface area contributed by atoms with E-state index in [1.165, 1.54) is 12.1 Å². The molecule has 0 unspecified atom stereocenters. The van der Waals surface area contributed by atoms with Gasteiger partial charge in [0.05, 0.1) is 22.9 Å². The van der Waals surface area contributed by atoms with Crippen molar-refractivity contribution in [3.8, 4) is 17.3 Å². The number of Topliss-reactive ketones (excluding diaryl/α,β-unsaturated/α-hetero) is 1. The normalized spacial score (nSPS) is 14.1. The quantitative estimate of drug-likeness (QED) is 0.604. The summed E-state index contributed by atoms with van der Waals surface area (Å²) in [6.45, 7) is 0.815. The molecule has 1 aliphatic rings. The van der Waals surface area contributed by atoms with Gasteiger partial charge in [-0.2, -0.15) is 5.26 Å². The zero-order chi connectivity index (χ0) is 22.5. The molecule has 32 heavy (non-hydrogen) atoms. The minimum Gasteiger partial charge on any atom is -0.339 e. The minimum atomic E-state index is -0.551.